The molecule has 5 heteroatoms. The van der Waals surface area contributed by atoms with Gasteiger partial charge in [0.15, 0.2) is 0 Å². The van der Waals surface area contributed by atoms with Crippen molar-refractivity contribution in [3.05, 3.63) is 61.5 Å². The minimum Gasteiger partial charge on any atom is -0.347 e. The highest BCUT2D eigenvalue weighted by molar-refractivity contribution is 6.31. The number of rotatable bonds is 6. The van der Waals surface area contributed by atoms with Crippen LogP contribution in [0.5, 0.6) is 0 Å². The van der Waals surface area contributed by atoms with Gasteiger partial charge in [-0.15, -0.1) is 0 Å². The third-order valence-electron chi connectivity index (χ3n) is 5.05. The van der Waals surface area contributed by atoms with Gasteiger partial charge in [-0.3, -0.25) is 9.59 Å². The smallest absolute Gasteiger partial charge is 0.261 e. The normalized spacial score (nSPS) is 11.1. The molecule has 146 valence electrons. The number of amides is 1. The number of hydrogen-bond donors (Lipinski definition) is 1. The Morgan fingerprint density at radius 2 is 1.85 bits per heavy atom. The third-order valence-corrected chi connectivity index (χ3v) is 5.50. The van der Waals surface area contributed by atoms with Crippen LogP contribution in [0.3, 0.4) is 0 Å². The molecule has 0 saturated heterocycles. The van der Waals surface area contributed by atoms with E-state index in [2.05, 4.69) is 19.2 Å². The fraction of sp³-hybridized carbons (Fsp3) is 0.455. The average molecular weight is 389 g/mol. The van der Waals surface area contributed by atoms with E-state index in [1.807, 2.05) is 50.5 Å². The van der Waals surface area contributed by atoms with Crippen LogP contribution in [0, 0.1) is 26.7 Å². The third kappa shape index (κ3) is 4.44. The van der Waals surface area contributed by atoms with E-state index in [0.717, 1.165) is 36.2 Å². The molecule has 27 heavy (non-hydrogen) atoms. The summed E-state index contributed by atoms with van der Waals surface area (Å²) in [6, 6.07) is 5.90. The summed E-state index contributed by atoms with van der Waals surface area (Å²) in [7, 11) is 0. The van der Waals surface area contributed by atoms with Gasteiger partial charge in [0.25, 0.3) is 5.91 Å². The number of pyridine rings is 1. The van der Waals surface area contributed by atoms with Crippen LogP contribution in [0.4, 0.5) is 5.69 Å². The summed E-state index contributed by atoms with van der Waals surface area (Å²) in [5.74, 6) is 0.111. The molecule has 2 rings (SSSR count). The highest BCUT2D eigenvalue weighted by Gasteiger charge is 2.22. The van der Waals surface area contributed by atoms with Crippen molar-refractivity contribution in [2.75, 3.05) is 5.32 Å². The second-order valence-corrected chi connectivity index (χ2v) is 7.82. The molecule has 0 aliphatic carbocycles. The summed E-state index contributed by atoms with van der Waals surface area (Å²) in [6.07, 6.45) is 1.74. The second kappa shape index (κ2) is 8.75. The summed E-state index contributed by atoms with van der Waals surface area (Å²) < 4.78 is 1.98. The predicted octanol–water partition coefficient (Wildman–Crippen LogP) is 5.29. The predicted molar refractivity (Wildman–Crippen MR) is 113 cm³/mol. The topological polar surface area (TPSA) is 51.1 Å². The van der Waals surface area contributed by atoms with Crippen LogP contribution in [-0.2, 0) is 13.0 Å². The number of aromatic nitrogens is 1. The number of halogens is 1. The van der Waals surface area contributed by atoms with Crippen molar-refractivity contribution in [1.29, 1.82) is 0 Å². The van der Waals surface area contributed by atoms with E-state index in [9.17, 15) is 9.59 Å². The lowest BCUT2D eigenvalue weighted by Gasteiger charge is -2.20. The van der Waals surface area contributed by atoms with Gasteiger partial charge in [-0.05, 0) is 50.7 Å². The van der Waals surface area contributed by atoms with Gasteiger partial charge in [0, 0.05) is 23.6 Å². The van der Waals surface area contributed by atoms with Crippen molar-refractivity contribution in [3.8, 4) is 0 Å². The molecule has 0 unspecified atom stereocenters. The Hall–Kier alpha value is -2.07. The van der Waals surface area contributed by atoms with Gasteiger partial charge in [-0.25, -0.2) is 0 Å². The zero-order chi connectivity index (χ0) is 20.3. The quantitative estimate of drug-likeness (QED) is 0.731. The van der Waals surface area contributed by atoms with Gasteiger partial charge in [-0.1, -0.05) is 50.6 Å². The summed E-state index contributed by atoms with van der Waals surface area (Å²) in [5.41, 5.74) is 3.87. The molecule has 4 nitrogen and oxygen atoms in total. The number of carbonyl (C=O) groups is 1. The van der Waals surface area contributed by atoms with Crippen molar-refractivity contribution in [1.82, 2.24) is 4.57 Å². The zero-order valence-corrected chi connectivity index (χ0v) is 17.8. The van der Waals surface area contributed by atoms with Gasteiger partial charge < -0.3 is 9.88 Å². The SMILES string of the molecule is CCc1cccc(C)c1NC(=O)c1c(C)n(CCC(C)C)c(C)c(Cl)c1=O. The Bertz CT molecular complexity index is 914. The molecule has 0 aliphatic heterocycles. The molecule has 0 fully saturated rings. The molecule has 1 aromatic carbocycles. The first-order chi connectivity index (χ1) is 12.7. The van der Waals surface area contributed by atoms with Crippen LogP contribution in [-0.4, -0.2) is 10.5 Å². The number of anilines is 1. The first-order valence-electron chi connectivity index (χ1n) is 9.48. The van der Waals surface area contributed by atoms with Crippen LogP contribution >= 0.6 is 11.6 Å². The monoisotopic (exact) mass is 388 g/mol. The molecule has 0 bridgehead atoms. The summed E-state index contributed by atoms with van der Waals surface area (Å²) in [4.78, 5) is 25.8. The summed E-state index contributed by atoms with van der Waals surface area (Å²) >= 11 is 6.30. The first-order valence-corrected chi connectivity index (χ1v) is 9.86. The molecule has 1 amide bonds. The van der Waals surface area contributed by atoms with E-state index in [4.69, 9.17) is 11.6 Å². The van der Waals surface area contributed by atoms with Crippen molar-refractivity contribution >= 4 is 23.2 Å². The van der Waals surface area contributed by atoms with Gasteiger partial charge in [0.2, 0.25) is 5.43 Å². The number of aryl methyl sites for hydroxylation is 2. The van der Waals surface area contributed by atoms with Crippen LogP contribution in [0.25, 0.3) is 0 Å². The number of hydrogen-bond acceptors (Lipinski definition) is 2. The number of nitrogens with zero attached hydrogens (tertiary/aromatic N) is 1. The number of nitrogens with one attached hydrogen (secondary N) is 1. The minimum atomic E-state index is -0.406. The molecule has 0 spiro atoms. The lowest BCUT2D eigenvalue weighted by atomic mass is 10.0. The lowest BCUT2D eigenvalue weighted by molar-refractivity contribution is 0.102. The molecule has 0 aliphatic rings. The average Bonchev–Trinajstić information content (AvgIpc) is 2.61. The fourth-order valence-corrected chi connectivity index (χ4v) is 3.51. The van der Waals surface area contributed by atoms with Crippen molar-refractivity contribution in [3.63, 3.8) is 0 Å². The highest BCUT2D eigenvalue weighted by Crippen LogP contribution is 2.23. The molecule has 0 atom stereocenters. The highest BCUT2D eigenvalue weighted by atomic mass is 35.5. The number of benzene rings is 1. The first kappa shape index (κ1) is 21.2. The Morgan fingerprint density at radius 3 is 2.44 bits per heavy atom. The molecule has 0 radical (unpaired) electrons. The molecule has 1 N–H and O–H groups in total. The van der Waals surface area contributed by atoms with Crippen LogP contribution in [0.2, 0.25) is 5.02 Å². The van der Waals surface area contributed by atoms with Crippen LogP contribution in [0.15, 0.2) is 23.0 Å². The van der Waals surface area contributed by atoms with Gasteiger partial charge >= 0.3 is 0 Å². The number of carbonyl (C=O) groups excluding carboxylic acids is 1. The Labute approximate surface area is 166 Å². The van der Waals surface area contributed by atoms with E-state index in [0.29, 0.717) is 17.3 Å². The maximum absolute atomic E-state index is 13.0. The van der Waals surface area contributed by atoms with E-state index in [1.165, 1.54) is 0 Å². The Kier molecular flexibility index (Phi) is 6.88. The standard InChI is InChI=1S/C22H29ClN2O2/c1-7-17-10-8-9-14(4)20(17)24-22(27)18-15(5)25(12-11-13(2)3)16(6)19(23)21(18)26/h8-10,13H,7,11-12H2,1-6H3,(H,24,27). The Morgan fingerprint density at radius 1 is 1.19 bits per heavy atom. The molecule has 2 aromatic rings. The van der Waals surface area contributed by atoms with Crippen molar-refractivity contribution < 1.29 is 4.79 Å². The maximum Gasteiger partial charge on any atom is 0.261 e. The molecular weight excluding hydrogens is 360 g/mol. The van der Waals surface area contributed by atoms with Crippen LogP contribution in [0.1, 0.15) is 60.1 Å². The molecular formula is C22H29ClN2O2. The van der Waals surface area contributed by atoms with Gasteiger partial charge in [0.05, 0.1) is 0 Å². The van der Waals surface area contributed by atoms with Gasteiger partial charge in [0.1, 0.15) is 10.6 Å². The fourth-order valence-electron chi connectivity index (χ4n) is 3.31. The van der Waals surface area contributed by atoms with E-state index >= 15 is 0 Å². The largest absolute Gasteiger partial charge is 0.347 e. The lowest BCUT2D eigenvalue weighted by Crippen LogP contribution is -2.29. The molecule has 1 aromatic heterocycles. The zero-order valence-electron chi connectivity index (χ0n) is 17.1. The Balaban J connectivity index is 2.52. The van der Waals surface area contributed by atoms with E-state index < -0.39 is 11.3 Å². The van der Waals surface area contributed by atoms with Crippen LogP contribution < -0.4 is 10.7 Å². The maximum atomic E-state index is 13.0. The molecule has 0 saturated carbocycles. The van der Waals surface area contributed by atoms with E-state index in [-0.39, 0.29) is 10.6 Å². The summed E-state index contributed by atoms with van der Waals surface area (Å²) in [5, 5.41) is 3.08. The number of para-hydroxylation sites is 1. The van der Waals surface area contributed by atoms with E-state index in [1.54, 1.807) is 0 Å². The van der Waals surface area contributed by atoms with Crippen molar-refractivity contribution in [2.24, 2.45) is 5.92 Å². The molecule has 1 heterocycles. The second-order valence-electron chi connectivity index (χ2n) is 7.44. The minimum absolute atomic E-state index is 0.120. The van der Waals surface area contributed by atoms with Gasteiger partial charge in [-0.2, -0.15) is 0 Å². The van der Waals surface area contributed by atoms with Crippen molar-refractivity contribution in [2.45, 2.75) is 60.9 Å². The summed E-state index contributed by atoms with van der Waals surface area (Å²) in [6.45, 7) is 12.6.